The molecule has 1 aliphatic rings. The van der Waals surface area contributed by atoms with E-state index in [0.29, 0.717) is 12.0 Å². The van der Waals surface area contributed by atoms with Crippen LogP contribution >= 0.6 is 0 Å². The molecule has 2 unspecified atom stereocenters. The Kier molecular flexibility index (Phi) is 4.29. The van der Waals surface area contributed by atoms with Crippen LogP contribution in [-0.4, -0.2) is 26.8 Å². The Bertz CT molecular complexity index is 416. The number of nitrogens with one attached hydrogen (secondary N) is 1. The fraction of sp³-hybridized carbons (Fsp3) is 0.867. The number of rotatable bonds is 5. The van der Waals surface area contributed by atoms with Crippen LogP contribution in [-0.2, 0) is 12.8 Å². The van der Waals surface area contributed by atoms with Crippen LogP contribution in [0, 0.1) is 5.92 Å². The Labute approximate surface area is 117 Å². The molecule has 2 atom stereocenters. The smallest absolute Gasteiger partial charge is 0.150 e. The summed E-state index contributed by atoms with van der Waals surface area (Å²) < 4.78 is 2.21. The Balaban J connectivity index is 2.03. The van der Waals surface area contributed by atoms with Gasteiger partial charge in [-0.3, -0.25) is 0 Å². The minimum absolute atomic E-state index is 0.199. The largest absolute Gasteiger partial charge is 0.312 e. The highest BCUT2D eigenvalue weighted by atomic mass is 15.4. The Morgan fingerprint density at radius 3 is 2.42 bits per heavy atom. The predicted octanol–water partition coefficient (Wildman–Crippen LogP) is 2.74. The van der Waals surface area contributed by atoms with Gasteiger partial charge in [-0.15, -0.1) is 0 Å². The summed E-state index contributed by atoms with van der Waals surface area (Å²) in [6.07, 6.45) is 4.45. The summed E-state index contributed by atoms with van der Waals surface area (Å²) in [5.74, 6) is 2.85. The van der Waals surface area contributed by atoms with Gasteiger partial charge in [0.1, 0.15) is 5.82 Å². The van der Waals surface area contributed by atoms with Gasteiger partial charge in [-0.2, -0.15) is 5.10 Å². The number of nitrogens with zero attached hydrogens (tertiary/aromatic N) is 3. The molecule has 19 heavy (non-hydrogen) atoms. The standard InChI is InChI=1S/C15H28N4/c1-6-13-17-14(7-2)19(18-13)12-9-8-11(12)10-16-15(3,4)5/h11-12,16H,6-10H2,1-5H3. The van der Waals surface area contributed by atoms with Gasteiger partial charge < -0.3 is 5.32 Å². The van der Waals surface area contributed by atoms with Crippen LogP contribution in [0.4, 0.5) is 0 Å². The monoisotopic (exact) mass is 264 g/mol. The molecule has 0 aliphatic heterocycles. The predicted molar refractivity (Wildman–Crippen MR) is 78.3 cm³/mol. The maximum absolute atomic E-state index is 4.69. The number of hydrogen-bond donors (Lipinski definition) is 1. The van der Waals surface area contributed by atoms with E-state index in [1.165, 1.54) is 12.8 Å². The van der Waals surface area contributed by atoms with Crippen molar-refractivity contribution in [1.29, 1.82) is 0 Å². The molecule has 1 aliphatic carbocycles. The lowest BCUT2D eigenvalue weighted by Gasteiger charge is -2.39. The van der Waals surface area contributed by atoms with Gasteiger partial charge in [0.2, 0.25) is 0 Å². The summed E-state index contributed by atoms with van der Waals surface area (Å²) in [4.78, 5) is 4.62. The third-order valence-electron chi connectivity index (χ3n) is 3.96. The summed E-state index contributed by atoms with van der Waals surface area (Å²) >= 11 is 0. The van der Waals surface area contributed by atoms with E-state index in [9.17, 15) is 0 Å². The molecule has 108 valence electrons. The van der Waals surface area contributed by atoms with Crippen molar-refractivity contribution in [2.75, 3.05) is 6.54 Å². The van der Waals surface area contributed by atoms with E-state index in [4.69, 9.17) is 5.10 Å². The van der Waals surface area contributed by atoms with Gasteiger partial charge >= 0.3 is 0 Å². The van der Waals surface area contributed by atoms with Crippen LogP contribution in [0.1, 0.15) is 65.2 Å². The van der Waals surface area contributed by atoms with Crippen molar-refractivity contribution >= 4 is 0 Å². The van der Waals surface area contributed by atoms with Crippen molar-refractivity contribution in [3.8, 4) is 0 Å². The molecule has 0 bridgehead atoms. The van der Waals surface area contributed by atoms with Crippen molar-refractivity contribution in [3.63, 3.8) is 0 Å². The summed E-state index contributed by atoms with van der Waals surface area (Å²) in [6, 6.07) is 0.553. The number of aryl methyl sites for hydroxylation is 2. The first-order valence-electron chi connectivity index (χ1n) is 7.64. The van der Waals surface area contributed by atoms with E-state index in [0.717, 1.165) is 31.0 Å². The summed E-state index contributed by atoms with van der Waals surface area (Å²) in [6.45, 7) is 12.0. The van der Waals surface area contributed by atoms with E-state index in [-0.39, 0.29) is 5.54 Å². The van der Waals surface area contributed by atoms with Crippen molar-refractivity contribution in [2.45, 2.75) is 71.9 Å². The third-order valence-corrected chi connectivity index (χ3v) is 3.96. The summed E-state index contributed by atoms with van der Waals surface area (Å²) in [5, 5.41) is 8.31. The van der Waals surface area contributed by atoms with E-state index in [1.54, 1.807) is 0 Å². The topological polar surface area (TPSA) is 42.7 Å². The van der Waals surface area contributed by atoms with Crippen molar-refractivity contribution in [3.05, 3.63) is 11.6 Å². The minimum atomic E-state index is 0.199. The van der Waals surface area contributed by atoms with Crippen molar-refractivity contribution in [1.82, 2.24) is 20.1 Å². The van der Waals surface area contributed by atoms with Crippen LogP contribution in [0.25, 0.3) is 0 Å². The molecule has 4 heteroatoms. The first-order valence-corrected chi connectivity index (χ1v) is 7.64. The van der Waals surface area contributed by atoms with E-state index in [1.807, 2.05) is 0 Å². The lowest BCUT2D eigenvalue weighted by Crippen LogP contribution is -2.44. The molecule has 1 aromatic heterocycles. The molecule has 0 radical (unpaired) electrons. The second-order valence-electron chi connectivity index (χ2n) is 6.63. The molecule has 0 amide bonds. The minimum Gasteiger partial charge on any atom is -0.312 e. The average molecular weight is 264 g/mol. The Morgan fingerprint density at radius 1 is 1.21 bits per heavy atom. The fourth-order valence-corrected chi connectivity index (χ4v) is 2.61. The molecule has 1 aromatic rings. The van der Waals surface area contributed by atoms with Gasteiger partial charge in [0.05, 0.1) is 6.04 Å². The first kappa shape index (κ1) is 14.5. The van der Waals surface area contributed by atoms with Crippen LogP contribution in [0.2, 0.25) is 0 Å². The van der Waals surface area contributed by atoms with Gasteiger partial charge in [0.25, 0.3) is 0 Å². The van der Waals surface area contributed by atoms with E-state index in [2.05, 4.69) is 49.6 Å². The van der Waals surface area contributed by atoms with Crippen LogP contribution < -0.4 is 5.32 Å². The van der Waals surface area contributed by atoms with E-state index >= 15 is 0 Å². The molecule has 1 heterocycles. The second-order valence-corrected chi connectivity index (χ2v) is 6.63. The molecule has 1 fully saturated rings. The maximum Gasteiger partial charge on any atom is 0.150 e. The van der Waals surface area contributed by atoms with Crippen LogP contribution in [0.5, 0.6) is 0 Å². The zero-order chi connectivity index (χ0) is 14.0. The first-order chi connectivity index (χ1) is 8.94. The van der Waals surface area contributed by atoms with Gasteiger partial charge in [0, 0.05) is 24.9 Å². The fourth-order valence-electron chi connectivity index (χ4n) is 2.61. The van der Waals surface area contributed by atoms with E-state index < -0.39 is 0 Å². The molecule has 2 rings (SSSR count). The second kappa shape index (κ2) is 5.61. The SMILES string of the molecule is CCc1nc(CC)n(C2CCC2CNC(C)(C)C)n1. The highest BCUT2D eigenvalue weighted by Gasteiger charge is 2.34. The molecule has 0 spiro atoms. The molecule has 0 saturated heterocycles. The number of aromatic nitrogens is 3. The molecule has 1 saturated carbocycles. The highest BCUT2D eigenvalue weighted by molar-refractivity contribution is 4.99. The van der Waals surface area contributed by atoms with Gasteiger partial charge in [-0.1, -0.05) is 13.8 Å². The molecule has 1 N–H and O–H groups in total. The lowest BCUT2D eigenvalue weighted by molar-refractivity contribution is 0.149. The van der Waals surface area contributed by atoms with Gasteiger partial charge in [-0.05, 0) is 39.5 Å². The van der Waals surface area contributed by atoms with Crippen molar-refractivity contribution in [2.24, 2.45) is 5.92 Å². The molecular weight excluding hydrogens is 236 g/mol. The highest BCUT2D eigenvalue weighted by Crippen LogP contribution is 2.38. The lowest BCUT2D eigenvalue weighted by atomic mass is 9.79. The Hall–Kier alpha value is -0.900. The molecular formula is C15H28N4. The number of hydrogen-bond acceptors (Lipinski definition) is 3. The van der Waals surface area contributed by atoms with Crippen LogP contribution in [0.3, 0.4) is 0 Å². The van der Waals surface area contributed by atoms with Gasteiger partial charge in [0.15, 0.2) is 5.82 Å². The quantitative estimate of drug-likeness (QED) is 0.889. The third kappa shape index (κ3) is 3.35. The summed E-state index contributed by atoms with van der Waals surface area (Å²) in [7, 11) is 0. The zero-order valence-corrected chi connectivity index (χ0v) is 13.0. The maximum atomic E-state index is 4.69. The van der Waals surface area contributed by atoms with Crippen LogP contribution in [0.15, 0.2) is 0 Å². The molecule has 4 nitrogen and oxygen atoms in total. The normalized spacial score (nSPS) is 23.4. The summed E-state index contributed by atoms with van der Waals surface area (Å²) in [5.41, 5.74) is 0.199. The van der Waals surface area contributed by atoms with Gasteiger partial charge in [-0.25, -0.2) is 9.67 Å². The Morgan fingerprint density at radius 2 is 1.95 bits per heavy atom. The van der Waals surface area contributed by atoms with Crippen molar-refractivity contribution < 1.29 is 0 Å². The molecule has 0 aromatic carbocycles. The average Bonchev–Trinajstić information content (AvgIpc) is 2.69. The zero-order valence-electron chi connectivity index (χ0n) is 13.0.